The van der Waals surface area contributed by atoms with Gasteiger partial charge >= 0.3 is 0 Å². The minimum absolute atomic E-state index is 0.0908. The molecule has 4 aromatic rings. The molecular weight excluding hydrogens is 575 g/mol. The first-order valence-corrected chi connectivity index (χ1v) is 15.4. The third-order valence-electron chi connectivity index (χ3n) is 8.58. The molecule has 2 aliphatic rings. The molecule has 8 heteroatoms. The van der Waals surface area contributed by atoms with E-state index in [2.05, 4.69) is 16.7 Å². The molecule has 3 aromatic carbocycles. The maximum Gasteiger partial charge on any atom is 0.253 e. The molecule has 0 spiro atoms. The fraction of sp³-hybridized carbons (Fsp3) is 0.306. The Labute approximate surface area is 262 Å². The van der Waals surface area contributed by atoms with E-state index in [1.807, 2.05) is 36.4 Å². The second-order valence-electron chi connectivity index (χ2n) is 11.7. The van der Waals surface area contributed by atoms with Gasteiger partial charge in [0, 0.05) is 42.7 Å². The highest BCUT2D eigenvalue weighted by Gasteiger charge is 2.24. The number of halogens is 2. The van der Waals surface area contributed by atoms with Gasteiger partial charge in [-0.1, -0.05) is 49.1 Å². The van der Waals surface area contributed by atoms with Crippen molar-refractivity contribution in [2.24, 2.45) is 0 Å². The van der Waals surface area contributed by atoms with Crippen LogP contribution >= 0.6 is 11.6 Å². The Kier molecular flexibility index (Phi) is 8.54. The quantitative estimate of drug-likeness (QED) is 0.210. The van der Waals surface area contributed by atoms with E-state index in [-0.39, 0.29) is 24.5 Å². The van der Waals surface area contributed by atoms with Crippen molar-refractivity contribution in [3.8, 4) is 23.2 Å². The van der Waals surface area contributed by atoms with Crippen molar-refractivity contribution < 1.29 is 13.9 Å². The van der Waals surface area contributed by atoms with E-state index in [1.54, 1.807) is 43.3 Å². The van der Waals surface area contributed by atoms with Crippen LogP contribution in [0.5, 0.6) is 5.75 Å². The minimum atomic E-state index is -0.429. The molecule has 1 saturated carbocycles. The molecule has 6 rings (SSSR count). The monoisotopic (exact) mass is 608 g/mol. The normalized spacial score (nSPS) is 16.9. The molecule has 0 bridgehead atoms. The van der Waals surface area contributed by atoms with Crippen molar-refractivity contribution in [2.75, 3.05) is 14.1 Å². The number of amides is 1. The highest BCUT2D eigenvalue weighted by molar-refractivity contribution is 6.31. The fourth-order valence-electron chi connectivity index (χ4n) is 6.30. The van der Waals surface area contributed by atoms with E-state index in [4.69, 9.17) is 21.3 Å². The van der Waals surface area contributed by atoms with E-state index in [1.165, 1.54) is 12.5 Å². The second kappa shape index (κ2) is 12.7. The smallest absolute Gasteiger partial charge is 0.253 e. The van der Waals surface area contributed by atoms with Crippen molar-refractivity contribution in [2.45, 2.75) is 57.1 Å². The summed E-state index contributed by atoms with van der Waals surface area (Å²) in [5.41, 5.74) is 4.99. The van der Waals surface area contributed by atoms with Gasteiger partial charge < -0.3 is 14.2 Å². The summed E-state index contributed by atoms with van der Waals surface area (Å²) in [6.07, 6.45) is 12.1. The molecule has 1 atom stereocenters. The molecule has 1 fully saturated rings. The Morgan fingerprint density at radius 2 is 1.93 bits per heavy atom. The van der Waals surface area contributed by atoms with E-state index >= 15 is 4.39 Å². The largest absolute Gasteiger partial charge is 0.489 e. The van der Waals surface area contributed by atoms with Crippen molar-refractivity contribution in [1.29, 1.82) is 5.26 Å². The molecule has 6 nitrogen and oxygen atoms in total. The van der Waals surface area contributed by atoms with Gasteiger partial charge in [-0.05, 0) is 78.9 Å². The number of aromatic nitrogens is 2. The lowest BCUT2D eigenvalue weighted by atomic mass is 9.88. The molecule has 0 aliphatic heterocycles. The minimum Gasteiger partial charge on any atom is -0.489 e. The average molecular weight is 609 g/mol. The number of allylic oxidation sites excluding steroid dienone is 4. The van der Waals surface area contributed by atoms with Crippen molar-refractivity contribution in [3.63, 3.8) is 0 Å². The molecule has 0 radical (unpaired) electrons. The van der Waals surface area contributed by atoms with E-state index in [9.17, 15) is 10.1 Å². The van der Waals surface area contributed by atoms with Gasteiger partial charge in [-0.15, -0.1) is 0 Å². The number of ether oxygens (including phenoxy) is 1. The van der Waals surface area contributed by atoms with Gasteiger partial charge in [-0.2, -0.15) is 5.26 Å². The first-order chi connectivity index (χ1) is 21.3. The maximum absolute atomic E-state index is 15.9. The number of fused-ring (bicyclic) bond motifs is 1. The number of carbonyl (C=O) groups excluding carboxylic acids is 1. The van der Waals surface area contributed by atoms with Crippen LogP contribution in [0.1, 0.15) is 77.5 Å². The van der Waals surface area contributed by atoms with E-state index in [0.717, 1.165) is 48.7 Å². The maximum atomic E-state index is 15.9. The highest BCUT2D eigenvalue weighted by Crippen LogP contribution is 2.38. The SMILES string of the molecule is CN(C)C(=O)c1ccc(C2C=CC(Cl)=CC2)c(COc2ccc(-c3nc4cc(C#N)ccc4n3C3CCCCC3)c(F)c2)c1. The zero-order chi connectivity index (χ0) is 30.8. The van der Waals surface area contributed by atoms with Crippen molar-refractivity contribution >= 4 is 28.5 Å². The van der Waals surface area contributed by atoms with Crippen LogP contribution in [0.2, 0.25) is 0 Å². The number of nitrogens with zero attached hydrogens (tertiary/aromatic N) is 4. The molecular formula is C36H34ClFN4O2. The first-order valence-electron chi connectivity index (χ1n) is 15.1. The predicted octanol–water partition coefficient (Wildman–Crippen LogP) is 8.67. The number of carbonyl (C=O) groups is 1. The first kappa shape index (κ1) is 29.7. The molecule has 0 N–H and O–H groups in total. The molecule has 224 valence electrons. The van der Waals surface area contributed by atoms with Crippen LogP contribution < -0.4 is 4.74 Å². The average Bonchev–Trinajstić information content (AvgIpc) is 3.42. The van der Waals surface area contributed by atoms with Crippen LogP contribution in [-0.2, 0) is 6.61 Å². The summed E-state index contributed by atoms with van der Waals surface area (Å²) >= 11 is 6.16. The summed E-state index contributed by atoms with van der Waals surface area (Å²) in [4.78, 5) is 19.1. The zero-order valence-electron chi connectivity index (χ0n) is 24.9. The second-order valence-corrected chi connectivity index (χ2v) is 12.2. The summed E-state index contributed by atoms with van der Waals surface area (Å²) < 4.78 is 24.2. The van der Waals surface area contributed by atoms with E-state index in [0.29, 0.717) is 38.8 Å². The van der Waals surface area contributed by atoms with Gasteiger partial charge in [0.1, 0.15) is 24.0 Å². The van der Waals surface area contributed by atoms with Crippen LogP contribution in [0.4, 0.5) is 4.39 Å². The number of imidazole rings is 1. The number of rotatable bonds is 7. The molecule has 1 heterocycles. The summed E-state index contributed by atoms with van der Waals surface area (Å²) in [7, 11) is 3.44. The van der Waals surface area contributed by atoms with Crippen LogP contribution in [0, 0.1) is 17.1 Å². The van der Waals surface area contributed by atoms with Gasteiger partial charge in [0.25, 0.3) is 5.91 Å². The van der Waals surface area contributed by atoms with Crippen molar-refractivity contribution in [3.05, 3.63) is 106 Å². The standard InChI is InChI=1S/C36H34ClFN4O2/c1-41(2)36(43)25-11-15-30(24-9-12-27(37)13-10-24)26(19-25)22-44-29-14-16-31(32(38)20-29)35-40-33-18-23(21-39)8-17-34(33)42(35)28-6-4-3-5-7-28/h8-9,11-20,24,28H,3-7,10,22H2,1-2H3. The summed E-state index contributed by atoms with van der Waals surface area (Å²) in [5.74, 6) is 0.517. The fourth-order valence-corrected chi connectivity index (χ4v) is 6.47. The van der Waals surface area contributed by atoms with Crippen LogP contribution in [0.25, 0.3) is 22.4 Å². The van der Waals surface area contributed by atoms with Gasteiger partial charge in [-0.3, -0.25) is 4.79 Å². The van der Waals surface area contributed by atoms with Gasteiger partial charge in [0.2, 0.25) is 0 Å². The number of hydrogen-bond donors (Lipinski definition) is 0. The van der Waals surface area contributed by atoms with Gasteiger partial charge in [0.05, 0.1) is 28.2 Å². The number of benzene rings is 3. The molecule has 0 saturated heterocycles. The summed E-state index contributed by atoms with van der Waals surface area (Å²) in [6.45, 7) is 0.169. The molecule has 1 amide bonds. The van der Waals surface area contributed by atoms with Gasteiger partial charge in [-0.25, -0.2) is 9.37 Å². The topological polar surface area (TPSA) is 71.2 Å². The Bertz CT molecular complexity index is 1830. The molecule has 44 heavy (non-hydrogen) atoms. The van der Waals surface area contributed by atoms with Crippen LogP contribution in [0.3, 0.4) is 0 Å². The summed E-state index contributed by atoms with van der Waals surface area (Å²) in [6, 6.07) is 18.4. The Balaban J connectivity index is 1.31. The predicted molar refractivity (Wildman–Crippen MR) is 171 cm³/mol. The number of nitriles is 1. The Morgan fingerprint density at radius 1 is 1.11 bits per heavy atom. The number of hydrogen-bond acceptors (Lipinski definition) is 4. The van der Waals surface area contributed by atoms with E-state index < -0.39 is 5.82 Å². The summed E-state index contributed by atoms with van der Waals surface area (Å²) in [5, 5.41) is 10.1. The molecule has 1 unspecified atom stereocenters. The lowest BCUT2D eigenvalue weighted by molar-refractivity contribution is 0.0827. The lowest BCUT2D eigenvalue weighted by Crippen LogP contribution is -2.22. The Morgan fingerprint density at radius 3 is 2.64 bits per heavy atom. The Hall–Kier alpha value is -4.41. The third-order valence-corrected chi connectivity index (χ3v) is 8.86. The highest BCUT2D eigenvalue weighted by atomic mass is 35.5. The van der Waals surface area contributed by atoms with Gasteiger partial charge in [0.15, 0.2) is 0 Å². The van der Waals surface area contributed by atoms with Crippen molar-refractivity contribution in [1.82, 2.24) is 14.5 Å². The van der Waals surface area contributed by atoms with Crippen LogP contribution in [-0.4, -0.2) is 34.5 Å². The molecule has 2 aliphatic carbocycles. The third kappa shape index (κ3) is 6.00. The lowest BCUT2D eigenvalue weighted by Gasteiger charge is -2.25. The van der Waals surface area contributed by atoms with Crippen LogP contribution in [0.15, 0.2) is 77.9 Å². The zero-order valence-corrected chi connectivity index (χ0v) is 25.6. The molecule has 1 aromatic heterocycles.